The summed E-state index contributed by atoms with van der Waals surface area (Å²) in [5, 5.41) is 18.0. The minimum Gasteiger partial charge on any atom is -0.481 e. The zero-order chi connectivity index (χ0) is 13.0. The molecule has 0 bridgehead atoms. The van der Waals surface area contributed by atoms with Gasteiger partial charge in [0.05, 0.1) is 10.8 Å². The number of hydrogen-bond acceptors (Lipinski definition) is 2. The number of carboxylic acid groups (broad SMARTS) is 2. The molecule has 4 nitrogen and oxygen atoms in total. The van der Waals surface area contributed by atoms with Gasteiger partial charge in [0.15, 0.2) is 0 Å². The van der Waals surface area contributed by atoms with Crippen LogP contribution in [0.5, 0.6) is 0 Å². The van der Waals surface area contributed by atoms with Crippen molar-refractivity contribution < 1.29 is 19.8 Å². The molecule has 16 heavy (non-hydrogen) atoms. The summed E-state index contributed by atoms with van der Waals surface area (Å²) in [5.41, 5.74) is -2.20. The van der Waals surface area contributed by atoms with Gasteiger partial charge in [0.25, 0.3) is 0 Å². The minimum absolute atomic E-state index is 0.209. The van der Waals surface area contributed by atoms with Gasteiger partial charge >= 0.3 is 11.9 Å². The van der Waals surface area contributed by atoms with E-state index < -0.39 is 22.8 Å². The summed E-state index contributed by atoms with van der Waals surface area (Å²) in [6, 6.07) is 0. The van der Waals surface area contributed by atoms with Crippen molar-refractivity contribution in [3.8, 4) is 0 Å². The molecule has 0 fully saturated rings. The predicted octanol–water partition coefficient (Wildman–Crippen LogP) is 2.32. The molecule has 0 amide bonds. The van der Waals surface area contributed by atoms with E-state index in [-0.39, 0.29) is 12.8 Å². The molecule has 2 unspecified atom stereocenters. The number of hydrogen-bond donors (Lipinski definition) is 2. The molecule has 0 saturated heterocycles. The second-order valence-electron chi connectivity index (χ2n) is 4.35. The highest BCUT2D eigenvalue weighted by atomic mass is 16.4. The molecule has 0 radical (unpaired) electrons. The molecule has 2 N–H and O–H groups in total. The average Bonchev–Trinajstić information content (AvgIpc) is 2.24. The van der Waals surface area contributed by atoms with Crippen LogP contribution in [-0.4, -0.2) is 22.2 Å². The zero-order valence-electron chi connectivity index (χ0n) is 9.69. The maximum Gasteiger partial charge on any atom is 0.313 e. The standard InChI is InChI=1S/C12H18O4/c1-5-11(3,9(13)14)7-8-12(4,6-2)10(15)16/h5-6H,1-2,7-8H2,3-4H3,(H,13,14)(H,15,16). The summed E-state index contributed by atoms with van der Waals surface area (Å²) >= 11 is 0. The minimum atomic E-state index is -1.10. The van der Waals surface area contributed by atoms with Gasteiger partial charge in [-0.1, -0.05) is 12.2 Å². The predicted molar refractivity (Wildman–Crippen MR) is 61.1 cm³/mol. The molecule has 0 rings (SSSR count). The first kappa shape index (κ1) is 14.4. The Kier molecular flexibility index (Phi) is 4.47. The second-order valence-corrected chi connectivity index (χ2v) is 4.35. The van der Waals surface area contributed by atoms with Crippen molar-refractivity contribution in [3.63, 3.8) is 0 Å². The monoisotopic (exact) mass is 226 g/mol. The molecule has 0 aliphatic heterocycles. The first-order valence-corrected chi connectivity index (χ1v) is 4.96. The summed E-state index contributed by atoms with van der Waals surface area (Å²) in [6.07, 6.45) is 3.09. The van der Waals surface area contributed by atoms with E-state index in [1.165, 1.54) is 26.0 Å². The van der Waals surface area contributed by atoms with E-state index in [0.717, 1.165) is 0 Å². The van der Waals surface area contributed by atoms with Gasteiger partial charge in [0.1, 0.15) is 0 Å². The molecule has 2 atom stereocenters. The second kappa shape index (κ2) is 4.96. The lowest BCUT2D eigenvalue weighted by Crippen LogP contribution is -2.31. The fourth-order valence-corrected chi connectivity index (χ4v) is 1.11. The Labute approximate surface area is 95.3 Å². The molecule has 0 saturated carbocycles. The van der Waals surface area contributed by atoms with Gasteiger partial charge in [0, 0.05) is 0 Å². The Morgan fingerprint density at radius 2 is 1.25 bits per heavy atom. The van der Waals surface area contributed by atoms with Gasteiger partial charge in [-0.3, -0.25) is 9.59 Å². The van der Waals surface area contributed by atoms with Crippen LogP contribution < -0.4 is 0 Å². The molecule has 0 aliphatic carbocycles. The van der Waals surface area contributed by atoms with Crippen LogP contribution in [0.2, 0.25) is 0 Å². The largest absolute Gasteiger partial charge is 0.481 e. The highest BCUT2D eigenvalue weighted by Gasteiger charge is 2.36. The summed E-state index contributed by atoms with van der Waals surface area (Å²) in [5.74, 6) is -2.00. The number of rotatable bonds is 7. The van der Waals surface area contributed by atoms with Gasteiger partial charge in [-0.15, -0.1) is 13.2 Å². The van der Waals surface area contributed by atoms with Crippen molar-refractivity contribution in [1.82, 2.24) is 0 Å². The highest BCUT2D eigenvalue weighted by molar-refractivity contribution is 5.78. The Balaban J connectivity index is 4.77. The molecule has 0 spiro atoms. The van der Waals surface area contributed by atoms with Gasteiger partial charge in [-0.25, -0.2) is 0 Å². The van der Waals surface area contributed by atoms with E-state index in [9.17, 15) is 9.59 Å². The van der Waals surface area contributed by atoms with Crippen LogP contribution in [0.25, 0.3) is 0 Å². The topological polar surface area (TPSA) is 74.6 Å². The van der Waals surface area contributed by atoms with Crippen molar-refractivity contribution in [2.45, 2.75) is 26.7 Å². The normalized spacial score (nSPS) is 17.9. The van der Waals surface area contributed by atoms with Crippen molar-refractivity contribution in [3.05, 3.63) is 25.3 Å². The van der Waals surface area contributed by atoms with Crippen molar-refractivity contribution in [1.29, 1.82) is 0 Å². The maximum absolute atomic E-state index is 11.0. The van der Waals surface area contributed by atoms with Crippen LogP contribution in [0, 0.1) is 10.8 Å². The average molecular weight is 226 g/mol. The molecule has 90 valence electrons. The van der Waals surface area contributed by atoms with Gasteiger partial charge < -0.3 is 10.2 Å². The molecular formula is C12H18O4. The van der Waals surface area contributed by atoms with E-state index in [0.29, 0.717) is 0 Å². The number of carbonyl (C=O) groups is 2. The maximum atomic E-state index is 11.0. The summed E-state index contributed by atoms with van der Waals surface area (Å²) in [7, 11) is 0. The van der Waals surface area contributed by atoms with E-state index in [1.54, 1.807) is 0 Å². The highest BCUT2D eigenvalue weighted by Crippen LogP contribution is 2.33. The Morgan fingerprint density at radius 3 is 1.38 bits per heavy atom. The van der Waals surface area contributed by atoms with Crippen LogP contribution in [0.3, 0.4) is 0 Å². The fourth-order valence-electron chi connectivity index (χ4n) is 1.11. The molecular weight excluding hydrogens is 208 g/mol. The van der Waals surface area contributed by atoms with E-state index in [4.69, 9.17) is 10.2 Å². The lowest BCUT2D eigenvalue weighted by Gasteiger charge is -2.26. The van der Waals surface area contributed by atoms with Crippen molar-refractivity contribution in [2.75, 3.05) is 0 Å². The van der Waals surface area contributed by atoms with Gasteiger partial charge in [-0.2, -0.15) is 0 Å². The molecule has 0 aromatic heterocycles. The fraction of sp³-hybridized carbons (Fsp3) is 0.500. The van der Waals surface area contributed by atoms with Crippen LogP contribution in [0.15, 0.2) is 25.3 Å². The van der Waals surface area contributed by atoms with Crippen LogP contribution in [-0.2, 0) is 9.59 Å². The SMILES string of the molecule is C=CC(C)(CCC(C)(C=C)C(=O)O)C(=O)O. The van der Waals surface area contributed by atoms with Crippen molar-refractivity contribution >= 4 is 11.9 Å². The molecule has 0 aromatic carbocycles. The van der Waals surface area contributed by atoms with E-state index in [1.807, 2.05) is 0 Å². The Morgan fingerprint density at radius 1 is 1.00 bits per heavy atom. The molecule has 0 heterocycles. The van der Waals surface area contributed by atoms with Crippen LogP contribution in [0.4, 0.5) is 0 Å². The lowest BCUT2D eigenvalue weighted by atomic mass is 9.77. The first-order valence-electron chi connectivity index (χ1n) is 4.96. The van der Waals surface area contributed by atoms with E-state index >= 15 is 0 Å². The zero-order valence-corrected chi connectivity index (χ0v) is 9.69. The molecule has 0 aromatic rings. The summed E-state index contributed by atoms with van der Waals surface area (Å²) in [6.45, 7) is 9.99. The smallest absolute Gasteiger partial charge is 0.313 e. The Hall–Kier alpha value is -1.58. The number of carboxylic acids is 2. The molecule has 4 heteroatoms. The Bertz CT molecular complexity index is 289. The lowest BCUT2D eigenvalue weighted by molar-refractivity contribution is -0.149. The quantitative estimate of drug-likeness (QED) is 0.653. The van der Waals surface area contributed by atoms with Gasteiger partial charge in [0.2, 0.25) is 0 Å². The van der Waals surface area contributed by atoms with Crippen molar-refractivity contribution in [2.24, 2.45) is 10.8 Å². The first-order chi connectivity index (χ1) is 7.22. The van der Waals surface area contributed by atoms with Crippen LogP contribution >= 0.6 is 0 Å². The molecule has 0 aliphatic rings. The summed E-state index contributed by atoms with van der Waals surface area (Å²) in [4.78, 5) is 22.0. The van der Waals surface area contributed by atoms with Crippen LogP contribution in [0.1, 0.15) is 26.7 Å². The van der Waals surface area contributed by atoms with Gasteiger partial charge in [-0.05, 0) is 26.7 Å². The third-order valence-corrected chi connectivity index (χ3v) is 3.04. The van der Waals surface area contributed by atoms with E-state index in [2.05, 4.69) is 13.2 Å². The number of aliphatic carboxylic acids is 2. The third kappa shape index (κ3) is 2.95. The third-order valence-electron chi connectivity index (χ3n) is 3.04. The summed E-state index contributed by atoms with van der Waals surface area (Å²) < 4.78 is 0.